The van der Waals surface area contributed by atoms with Crippen molar-refractivity contribution in [2.75, 3.05) is 30.5 Å². The number of rotatable bonds is 9. The summed E-state index contributed by atoms with van der Waals surface area (Å²) in [4.78, 5) is 7.11. The maximum Gasteiger partial charge on any atom is 0.128 e. The van der Waals surface area contributed by atoms with Crippen LogP contribution in [-0.2, 0) is 6.54 Å². The Morgan fingerprint density at radius 2 is 2.05 bits per heavy atom. The van der Waals surface area contributed by atoms with E-state index >= 15 is 0 Å². The number of thioether (sulfide) groups is 1. The minimum absolute atomic E-state index is 0.553. The minimum Gasteiger partial charge on any atom is -0.356 e. The SMILES string of the molecule is CCC(CSC)N(C)c1ccc(CNCC(C)C)c(C)n1. The van der Waals surface area contributed by atoms with Crippen molar-refractivity contribution in [1.29, 1.82) is 0 Å². The van der Waals surface area contributed by atoms with Crippen LogP contribution in [0.2, 0.25) is 0 Å². The van der Waals surface area contributed by atoms with Crippen LogP contribution < -0.4 is 10.2 Å². The number of hydrogen-bond donors (Lipinski definition) is 1. The Hall–Kier alpha value is -0.740. The summed E-state index contributed by atoms with van der Waals surface area (Å²) in [5.74, 6) is 2.91. The van der Waals surface area contributed by atoms with Crippen LogP contribution in [0.4, 0.5) is 5.82 Å². The molecule has 1 aromatic heterocycles. The summed E-state index contributed by atoms with van der Waals surface area (Å²) in [7, 11) is 2.16. The highest BCUT2D eigenvalue weighted by molar-refractivity contribution is 7.98. The third-order valence-electron chi connectivity index (χ3n) is 3.79. The summed E-state index contributed by atoms with van der Waals surface area (Å²) in [5, 5.41) is 3.49. The number of hydrogen-bond acceptors (Lipinski definition) is 4. The van der Waals surface area contributed by atoms with E-state index in [1.807, 2.05) is 11.8 Å². The highest BCUT2D eigenvalue weighted by Crippen LogP contribution is 2.19. The first-order valence-electron chi connectivity index (χ1n) is 7.88. The fourth-order valence-electron chi connectivity index (χ4n) is 2.34. The molecule has 1 unspecified atom stereocenters. The van der Waals surface area contributed by atoms with Crippen molar-refractivity contribution in [3.63, 3.8) is 0 Å². The van der Waals surface area contributed by atoms with E-state index in [1.54, 1.807) is 0 Å². The first-order valence-corrected chi connectivity index (χ1v) is 9.27. The van der Waals surface area contributed by atoms with Gasteiger partial charge < -0.3 is 10.2 Å². The van der Waals surface area contributed by atoms with Gasteiger partial charge in [-0.3, -0.25) is 0 Å². The first-order chi connectivity index (χ1) is 9.99. The highest BCUT2D eigenvalue weighted by Gasteiger charge is 2.14. The molecule has 1 heterocycles. The van der Waals surface area contributed by atoms with E-state index in [0.29, 0.717) is 12.0 Å². The van der Waals surface area contributed by atoms with Crippen molar-refractivity contribution in [1.82, 2.24) is 10.3 Å². The molecule has 3 nitrogen and oxygen atoms in total. The van der Waals surface area contributed by atoms with Crippen LogP contribution in [0, 0.1) is 12.8 Å². The summed E-state index contributed by atoms with van der Waals surface area (Å²) < 4.78 is 0. The second-order valence-electron chi connectivity index (χ2n) is 6.07. The Labute approximate surface area is 134 Å². The van der Waals surface area contributed by atoms with Gasteiger partial charge in [0.2, 0.25) is 0 Å². The lowest BCUT2D eigenvalue weighted by atomic mass is 10.1. The molecule has 0 saturated heterocycles. The van der Waals surface area contributed by atoms with Crippen LogP contribution in [0.3, 0.4) is 0 Å². The van der Waals surface area contributed by atoms with Crippen LogP contribution in [0.25, 0.3) is 0 Å². The van der Waals surface area contributed by atoms with Crippen molar-refractivity contribution in [2.45, 2.75) is 46.7 Å². The van der Waals surface area contributed by atoms with E-state index in [9.17, 15) is 0 Å². The zero-order chi connectivity index (χ0) is 15.8. The third-order valence-corrected chi connectivity index (χ3v) is 4.51. The van der Waals surface area contributed by atoms with Gasteiger partial charge in [0.25, 0.3) is 0 Å². The standard InChI is InChI=1S/C17H31N3S/c1-7-16(12-21-6)20(5)17-9-8-15(14(4)19-17)11-18-10-13(2)3/h8-9,13,16,18H,7,10-12H2,1-6H3. The molecule has 0 saturated carbocycles. The second kappa shape index (κ2) is 9.31. The van der Waals surface area contributed by atoms with E-state index in [0.717, 1.165) is 36.8 Å². The summed E-state index contributed by atoms with van der Waals surface area (Å²) in [6.45, 7) is 10.8. The monoisotopic (exact) mass is 309 g/mol. The van der Waals surface area contributed by atoms with Crippen LogP contribution in [0.1, 0.15) is 38.4 Å². The number of pyridine rings is 1. The molecular formula is C17H31N3S. The Kier molecular flexibility index (Phi) is 8.12. The molecule has 4 heteroatoms. The summed E-state index contributed by atoms with van der Waals surface area (Å²) in [5.41, 5.74) is 2.43. The predicted octanol–water partition coefficient (Wildman–Crippen LogP) is 3.71. The summed E-state index contributed by atoms with van der Waals surface area (Å²) in [6.07, 6.45) is 3.31. The molecule has 0 spiro atoms. The molecule has 0 aromatic carbocycles. The van der Waals surface area contributed by atoms with Gasteiger partial charge in [0.05, 0.1) is 0 Å². The molecule has 0 aliphatic heterocycles. The molecule has 0 radical (unpaired) electrons. The molecule has 1 atom stereocenters. The topological polar surface area (TPSA) is 28.2 Å². The van der Waals surface area contributed by atoms with Gasteiger partial charge in [-0.05, 0) is 43.7 Å². The van der Waals surface area contributed by atoms with E-state index in [2.05, 4.69) is 63.3 Å². The van der Waals surface area contributed by atoms with Gasteiger partial charge >= 0.3 is 0 Å². The molecule has 0 aliphatic rings. The second-order valence-corrected chi connectivity index (χ2v) is 6.98. The van der Waals surface area contributed by atoms with Gasteiger partial charge in [0.1, 0.15) is 5.82 Å². The predicted molar refractivity (Wildman–Crippen MR) is 96.4 cm³/mol. The maximum atomic E-state index is 4.80. The number of anilines is 1. The molecular weight excluding hydrogens is 278 g/mol. The van der Waals surface area contributed by atoms with Crippen LogP contribution in [0.15, 0.2) is 12.1 Å². The van der Waals surface area contributed by atoms with E-state index in [4.69, 9.17) is 4.98 Å². The van der Waals surface area contributed by atoms with Gasteiger partial charge in [0, 0.05) is 31.1 Å². The number of aromatic nitrogens is 1. The average molecular weight is 310 g/mol. The molecule has 1 rings (SSSR count). The minimum atomic E-state index is 0.553. The van der Waals surface area contributed by atoms with E-state index < -0.39 is 0 Å². The smallest absolute Gasteiger partial charge is 0.128 e. The Morgan fingerprint density at radius 3 is 2.57 bits per heavy atom. The quantitative estimate of drug-likeness (QED) is 0.752. The molecule has 1 N–H and O–H groups in total. The van der Waals surface area contributed by atoms with Gasteiger partial charge in [-0.1, -0.05) is 26.8 Å². The van der Waals surface area contributed by atoms with E-state index in [1.165, 1.54) is 5.56 Å². The highest BCUT2D eigenvalue weighted by atomic mass is 32.2. The van der Waals surface area contributed by atoms with Crippen LogP contribution >= 0.6 is 11.8 Å². The maximum absolute atomic E-state index is 4.80. The molecule has 0 bridgehead atoms. The van der Waals surface area contributed by atoms with Crippen LogP contribution in [0.5, 0.6) is 0 Å². The van der Waals surface area contributed by atoms with Crippen LogP contribution in [-0.4, -0.2) is 36.6 Å². The lowest BCUT2D eigenvalue weighted by Gasteiger charge is -2.28. The Balaban J connectivity index is 2.72. The third kappa shape index (κ3) is 5.87. The van der Waals surface area contributed by atoms with Gasteiger partial charge in [-0.2, -0.15) is 11.8 Å². The first kappa shape index (κ1) is 18.3. The van der Waals surface area contributed by atoms with Gasteiger partial charge in [-0.15, -0.1) is 0 Å². The van der Waals surface area contributed by atoms with Crippen molar-refractivity contribution >= 4 is 17.6 Å². The van der Waals surface area contributed by atoms with Gasteiger partial charge in [-0.25, -0.2) is 4.98 Å². The van der Waals surface area contributed by atoms with Gasteiger partial charge in [0.15, 0.2) is 0 Å². The molecule has 120 valence electrons. The van der Waals surface area contributed by atoms with Crippen molar-refractivity contribution in [3.05, 3.63) is 23.4 Å². The van der Waals surface area contributed by atoms with Crippen molar-refractivity contribution < 1.29 is 0 Å². The fourth-order valence-corrected chi connectivity index (χ4v) is 3.18. The molecule has 21 heavy (non-hydrogen) atoms. The number of nitrogens with one attached hydrogen (secondary N) is 1. The largest absolute Gasteiger partial charge is 0.356 e. The van der Waals surface area contributed by atoms with Crippen molar-refractivity contribution in [2.24, 2.45) is 5.92 Å². The molecule has 1 aromatic rings. The fraction of sp³-hybridized carbons (Fsp3) is 0.706. The average Bonchev–Trinajstić information content (AvgIpc) is 2.45. The summed E-state index contributed by atoms with van der Waals surface area (Å²) >= 11 is 1.90. The van der Waals surface area contributed by atoms with E-state index in [-0.39, 0.29) is 0 Å². The van der Waals surface area contributed by atoms with Crippen molar-refractivity contribution in [3.8, 4) is 0 Å². The lowest BCUT2D eigenvalue weighted by molar-refractivity contribution is 0.551. The Morgan fingerprint density at radius 1 is 1.33 bits per heavy atom. The normalized spacial score (nSPS) is 12.7. The molecule has 0 fully saturated rings. The summed E-state index contributed by atoms with van der Waals surface area (Å²) in [6, 6.07) is 4.92. The Bertz CT molecular complexity index is 420. The zero-order valence-electron chi connectivity index (χ0n) is 14.4. The molecule has 0 aliphatic carbocycles. The zero-order valence-corrected chi connectivity index (χ0v) is 15.3. The number of aryl methyl sites for hydroxylation is 1. The molecule has 0 amide bonds. The lowest BCUT2D eigenvalue weighted by Crippen LogP contribution is -2.34. The number of nitrogens with zero attached hydrogens (tertiary/aromatic N) is 2.